The minimum atomic E-state index is -0.249. The number of hydrogen-bond acceptors (Lipinski definition) is 2. The molecule has 1 atom stereocenters. The number of hydrogen-bond donors (Lipinski definition) is 1. The van der Waals surface area contributed by atoms with Crippen LogP contribution in [0.1, 0.15) is 46.1 Å². The Labute approximate surface area is 202 Å². The van der Waals surface area contributed by atoms with E-state index in [1.54, 1.807) is 0 Å². The number of aromatic nitrogens is 1. The molecule has 0 saturated heterocycles. The van der Waals surface area contributed by atoms with Crippen molar-refractivity contribution in [3.8, 4) is 5.00 Å². The number of para-hydroxylation sites is 1. The van der Waals surface area contributed by atoms with Gasteiger partial charge in [-0.3, -0.25) is 0 Å². The second-order valence-corrected chi connectivity index (χ2v) is 10.2. The second-order valence-electron chi connectivity index (χ2n) is 8.68. The molecule has 2 amide bonds. The molecule has 166 valence electrons. The molecule has 6 heteroatoms. The largest absolute Gasteiger partial charge is 0.322 e. The van der Waals surface area contributed by atoms with Gasteiger partial charge in [-0.05, 0) is 73.2 Å². The molecule has 4 aromatic rings. The van der Waals surface area contributed by atoms with Crippen LogP contribution in [0.25, 0.3) is 5.00 Å². The zero-order valence-corrected chi connectivity index (χ0v) is 19.7. The summed E-state index contributed by atoms with van der Waals surface area (Å²) in [6, 6.07) is 21.4. The minimum absolute atomic E-state index is 0.109. The fourth-order valence-corrected chi connectivity index (χ4v) is 6.73. The number of benzene rings is 2. The fraction of sp³-hybridized carbons (Fsp3) is 0.222. The summed E-state index contributed by atoms with van der Waals surface area (Å²) in [7, 11) is 0. The molecule has 0 bridgehead atoms. The number of halogens is 1. The number of fused-ring (bicyclic) bond motifs is 5. The van der Waals surface area contributed by atoms with E-state index in [1.165, 1.54) is 33.8 Å². The summed E-state index contributed by atoms with van der Waals surface area (Å²) < 4.78 is 2.29. The predicted octanol–water partition coefficient (Wildman–Crippen LogP) is 7.21. The van der Waals surface area contributed by atoms with Crippen molar-refractivity contribution in [1.82, 2.24) is 9.47 Å². The van der Waals surface area contributed by atoms with Crippen molar-refractivity contribution in [1.29, 1.82) is 0 Å². The predicted molar refractivity (Wildman–Crippen MR) is 135 cm³/mol. The Balaban J connectivity index is 1.51. The first-order valence-corrected chi connectivity index (χ1v) is 12.6. The molecule has 2 aliphatic rings. The fourth-order valence-electron chi connectivity index (χ4n) is 5.13. The summed E-state index contributed by atoms with van der Waals surface area (Å²) in [4.78, 5) is 17.2. The van der Waals surface area contributed by atoms with Crippen molar-refractivity contribution in [2.75, 3.05) is 5.32 Å². The maximum absolute atomic E-state index is 13.8. The van der Waals surface area contributed by atoms with Crippen LogP contribution >= 0.6 is 22.9 Å². The van der Waals surface area contributed by atoms with Gasteiger partial charge in [-0.1, -0.05) is 41.9 Å². The molecule has 1 aliphatic heterocycles. The number of rotatable bonds is 2. The highest BCUT2D eigenvalue weighted by atomic mass is 35.5. The minimum Gasteiger partial charge on any atom is -0.310 e. The molecule has 3 heterocycles. The van der Waals surface area contributed by atoms with Crippen molar-refractivity contribution >= 4 is 34.7 Å². The lowest BCUT2D eigenvalue weighted by molar-refractivity contribution is 0.194. The first kappa shape index (κ1) is 20.6. The number of nitrogens with zero attached hydrogens (tertiary/aromatic N) is 2. The number of amides is 2. The van der Waals surface area contributed by atoms with Crippen molar-refractivity contribution in [3.63, 3.8) is 0 Å². The van der Waals surface area contributed by atoms with Crippen LogP contribution in [0, 0.1) is 0 Å². The van der Waals surface area contributed by atoms with Crippen molar-refractivity contribution < 1.29 is 4.79 Å². The summed E-state index contributed by atoms with van der Waals surface area (Å²) in [5, 5.41) is 5.05. The maximum Gasteiger partial charge on any atom is 0.322 e. The average molecular weight is 474 g/mol. The topological polar surface area (TPSA) is 37.3 Å². The van der Waals surface area contributed by atoms with Crippen LogP contribution < -0.4 is 5.32 Å². The lowest BCUT2D eigenvalue weighted by Gasteiger charge is -2.31. The summed E-state index contributed by atoms with van der Waals surface area (Å²) in [6.07, 6.45) is 6.81. The quantitative estimate of drug-likeness (QED) is 0.328. The standard InChI is InChI=1S/C27H24ClN3OS/c28-19-9-6-8-18(16-19)25-23-13-7-15-30(23)26-22(21-12-4-5-14-24(21)33-26)17-31(25)27(32)29-20-10-2-1-3-11-20/h1-3,6-11,13,15-16,25H,4-5,12,14,17H2,(H,29,32). The van der Waals surface area contributed by atoms with Gasteiger partial charge in [-0.2, -0.15) is 0 Å². The normalized spacial score (nSPS) is 17.0. The molecule has 0 radical (unpaired) electrons. The van der Waals surface area contributed by atoms with Crippen LogP contribution in [0.4, 0.5) is 10.5 Å². The van der Waals surface area contributed by atoms with Gasteiger partial charge in [0.1, 0.15) is 5.00 Å². The van der Waals surface area contributed by atoms with E-state index in [0.29, 0.717) is 11.6 Å². The number of carbonyl (C=O) groups is 1. The summed E-state index contributed by atoms with van der Waals surface area (Å²) in [5.41, 5.74) is 5.62. The highest BCUT2D eigenvalue weighted by Crippen LogP contribution is 2.44. The van der Waals surface area contributed by atoms with Gasteiger partial charge < -0.3 is 14.8 Å². The van der Waals surface area contributed by atoms with Gasteiger partial charge in [0.05, 0.1) is 18.3 Å². The van der Waals surface area contributed by atoms with E-state index in [9.17, 15) is 4.79 Å². The lowest BCUT2D eigenvalue weighted by Crippen LogP contribution is -2.38. The number of aryl methyl sites for hydroxylation is 1. The van der Waals surface area contributed by atoms with Crippen molar-refractivity contribution in [2.45, 2.75) is 38.3 Å². The smallest absolute Gasteiger partial charge is 0.310 e. The van der Waals surface area contributed by atoms with Crippen molar-refractivity contribution in [3.05, 3.63) is 105 Å². The van der Waals surface area contributed by atoms with Crippen LogP contribution in [0.3, 0.4) is 0 Å². The van der Waals surface area contributed by atoms with E-state index in [1.807, 2.05) is 64.8 Å². The summed E-state index contributed by atoms with van der Waals surface area (Å²) in [5.74, 6) is 0. The lowest BCUT2D eigenvalue weighted by atomic mass is 9.95. The molecule has 2 aromatic carbocycles. The molecule has 4 nitrogen and oxygen atoms in total. The molecule has 0 saturated carbocycles. The Hall–Kier alpha value is -3.02. The SMILES string of the molecule is O=C(Nc1ccccc1)N1Cc2c(sc3c2CCCC3)-n2cccc2C1c1cccc(Cl)c1. The first-order valence-electron chi connectivity index (χ1n) is 11.4. The number of nitrogens with one attached hydrogen (secondary N) is 1. The van der Waals surface area contributed by atoms with Crippen LogP contribution in [0.2, 0.25) is 5.02 Å². The van der Waals surface area contributed by atoms with E-state index in [2.05, 4.69) is 34.3 Å². The third kappa shape index (κ3) is 3.65. The molecule has 1 unspecified atom stereocenters. The third-order valence-corrected chi connectivity index (χ3v) is 8.20. The zero-order chi connectivity index (χ0) is 22.4. The summed E-state index contributed by atoms with van der Waals surface area (Å²) in [6.45, 7) is 0.568. The van der Waals surface area contributed by atoms with Gasteiger partial charge >= 0.3 is 6.03 Å². The highest BCUT2D eigenvalue weighted by Gasteiger charge is 2.36. The number of carbonyl (C=O) groups excluding carboxylic acids is 1. The zero-order valence-electron chi connectivity index (χ0n) is 18.1. The van der Waals surface area contributed by atoms with Gasteiger partial charge in [0.15, 0.2) is 0 Å². The first-order chi connectivity index (χ1) is 16.2. The maximum atomic E-state index is 13.8. The Kier molecular flexibility index (Phi) is 5.24. The van der Waals surface area contributed by atoms with Gasteiger partial charge in [-0.25, -0.2) is 4.79 Å². The second kappa shape index (κ2) is 8.40. The summed E-state index contributed by atoms with van der Waals surface area (Å²) >= 11 is 8.30. The Morgan fingerprint density at radius 2 is 1.82 bits per heavy atom. The molecule has 0 spiro atoms. The van der Waals surface area contributed by atoms with E-state index in [4.69, 9.17) is 11.6 Å². The molecular formula is C27H24ClN3OS. The molecule has 2 aromatic heterocycles. The third-order valence-electron chi connectivity index (χ3n) is 6.63. The number of anilines is 1. The van der Waals surface area contributed by atoms with Crippen LogP contribution in [0.15, 0.2) is 72.9 Å². The van der Waals surface area contributed by atoms with Crippen LogP contribution in [-0.4, -0.2) is 15.5 Å². The van der Waals surface area contributed by atoms with E-state index < -0.39 is 0 Å². The van der Waals surface area contributed by atoms with Crippen LogP contribution in [-0.2, 0) is 19.4 Å². The van der Waals surface area contributed by atoms with Crippen LogP contribution in [0.5, 0.6) is 0 Å². The number of thiophene rings is 1. The van der Waals surface area contributed by atoms with Gasteiger partial charge in [-0.15, -0.1) is 11.3 Å². The van der Waals surface area contributed by atoms with E-state index >= 15 is 0 Å². The van der Waals surface area contributed by atoms with Crippen molar-refractivity contribution in [2.24, 2.45) is 0 Å². The van der Waals surface area contributed by atoms with E-state index in [-0.39, 0.29) is 12.1 Å². The highest BCUT2D eigenvalue weighted by molar-refractivity contribution is 7.15. The average Bonchev–Trinajstić information content (AvgIpc) is 3.41. The molecule has 0 fully saturated rings. The molecule has 1 N–H and O–H groups in total. The molecule has 1 aliphatic carbocycles. The van der Waals surface area contributed by atoms with Gasteiger partial charge in [0, 0.05) is 27.3 Å². The monoisotopic (exact) mass is 473 g/mol. The Morgan fingerprint density at radius 1 is 0.970 bits per heavy atom. The Bertz CT molecular complexity index is 1330. The number of urea groups is 1. The molecule has 6 rings (SSSR count). The van der Waals surface area contributed by atoms with E-state index in [0.717, 1.165) is 29.8 Å². The molecule has 33 heavy (non-hydrogen) atoms. The molecular weight excluding hydrogens is 450 g/mol. The Morgan fingerprint density at radius 3 is 2.67 bits per heavy atom. The van der Waals surface area contributed by atoms with Gasteiger partial charge in [0.2, 0.25) is 0 Å². The van der Waals surface area contributed by atoms with Gasteiger partial charge in [0.25, 0.3) is 0 Å².